The summed E-state index contributed by atoms with van der Waals surface area (Å²) in [6.45, 7) is 11.0. The number of hydrogen-bond acceptors (Lipinski definition) is 6. The van der Waals surface area contributed by atoms with Crippen molar-refractivity contribution < 1.29 is 14.3 Å². The van der Waals surface area contributed by atoms with Gasteiger partial charge in [0.2, 0.25) is 0 Å². The molecule has 3 aromatic rings. The van der Waals surface area contributed by atoms with Crippen LogP contribution in [-0.2, 0) is 9.47 Å². The summed E-state index contributed by atoms with van der Waals surface area (Å²) >= 11 is 0. The molecule has 8 heteroatoms. The molecule has 3 aliphatic rings. The van der Waals surface area contributed by atoms with Gasteiger partial charge in [0.15, 0.2) is 0 Å². The van der Waals surface area contributed by atoms with Crippen molar-refractivity contribution in [3.05, 3.63) is 54.4 Å². The maximum absolute atomic E-state index is 12.5. The van der Waals surface area contributed by atoms with Gasteiger partial charge in [-0.15, -0.1) is 0 Å². The minimum Gasteiger partial charge on any atom is -0.444 e. The van der Waals surface area contributed by atoms with E-state index in [4.69, 9.17) is 9.47 Å². The highest BCUT2D eigenvalue weighted by Gasteiger charge is 2.27. The Morgan fingerprint density at radius 2 is 1.74 bits per heavy atom. The largest absolute Gasteiger partial charge is 0.444 e. The standard InChI is InChI=1S/C30H39N5O3/c1-22(2)32-12-8-25(9-13-32)23-3-5-24(6-4-23)26-19-29-28(7-11-31-35(29)20-26)33-14-16-34(17-15-33)30(36)38-27-10-18-37-21-27/h3-7,11,19-20,22,25,27H,8-10,12-18,21H2,1-2H3/t27-/m0/s1. The van der Waals surface area contributed by atoms with E-state index in [0.717, 1.165) is 30.7 Å². The number of piperazine rings is 1. The van der Waals surface area contributed by atoms with Crippen molar-refractivity contribution in [2.45, 2.75) is 51.2 Å². The van der Waals surface area contributed by atoms with E-state index in [-0.39, 0.29) is 12.2 Å². The van der Waals surface area contributed by atoms with Gasteiger partial charge in [0.1, 0.15) is 6.10 Å². The Labute approximate surface area is 225 Å². The molecule has 0 bridgehead atoms. The monoisotopic (exact) mass is 517 g/mol. The predicted molar refractivity (Wildman–Crippen MR) is 149 cm³/mol. The van der Waals surface area contributed by atoms with E-state index in [1.807, 2.05) is 15.6 Å². The van der Waals surface area contributed by atoms with E-state index in [0.29, 0.717) is 38.3 Å². The number of hydrogen-bond donors (Lipinski definition) is 0. The zero-order valence-corrected chi connectivity index (χ0v) is 22.6. The number of rotatable bonds is 5. The number of anilines is 1. The smallest absolute Gasteiger partial charge is 0.410 e. The van der Waals surface area contributed by atoms with E-state index in [1.165, 1.54) is 42.6 Å². The van der Waals surface area contributed by atoms with Crippen LogP contribution >= 0.6 is 0 Å². The molecule has 1 aromatic carbocycles. The molecule has 0 spiro atoms. The number of likely N-dealkylation sites (tertiary alicyclic amines) is 1. The molecule has 202 valence electrons. The fourth-order valence-electron chi connectivity index (χ4n) is 6.08. The summed E-state index contributed by atoms with van der Waals surface area (Å²) < 4.78 is 12.9. The molecular formula is C30H39N5O3. The number of benzene rings is 1. The van der Waals surface area contributed by atoms with Gasteiger partial charge in [-0.05, 0) is 69.0 Å². The van der Waals surface area contributed by atoms with E-state index < -0.39 is 0 Å². The molecule has 1 amide bonds. The fourth-order valence-corrected chi connectivity index (χ4v) is 6.08. The summed E-state index contributed by atoms with van der Waals surface area (Å²) in [5.41, 5.74) is 6.08. The lowest BCUT2D eigenvalue weighted by molar-refractivity contribution is 0.0534. The number of piperidine rings is 1. The highest BCUT2D eigenvalue weighted by molar-refractivity contribution is 5.80. The first kappa shape index (κ1) is 25.2. The second kappa shape index (κ2) is 10.9. The zero-order chi connectivity index (χ0) is 26.1. The van der Waals surface area contributed by atoms with Gasteiger partial charge in [0.05, 0.1) is 24.4 Å². The molecule has 2 aromatic heterocycles. The molecule has 0 unspecified atom stereocenters. The third-order valence-electron chi connectivity index (χ3n) is 8.50. The van der Waals surface area contributed by atoms with Crippen LogP contribution in [0.25, 0.3) is 16.6 Å². The number of nitrogens with zero attached hydrogens (tertiary/aromatic N) is 5. The van der Waals surface area contributed by atoms with Crippen molar-refractivity contribution in [2.24, 2.45) is 0 Å². The van der Waals surface area contributed by atoms with Crippen LogP contribution in [0.4, 0.5) is 10.5 Å². The van der Waals surface area contributed by atoms with Crippen molar-refractivity contribution in [1.29, 1.82) is 0 Å². The molecule has 1 atom stereocenters. The molecule has 0 radical (unpaired) electrons. The van der Waals surface area contributed by atoms with E-state index in [2.05, 4.69) is 71.3 Å². The summed E-state index contributed by atoms with van der Waals surface area (Å²) in [7, 11) is 0. The highest BCUT2D eigenvalue weighted by Crippen LogP contribution is 2.32. The van der Waals surface area contributed by atoms with E-state index in [9.17, 15) is 4.79 Å². The van der Waals surface area contributed by atoms with Crippen LogP contribution in [0.3, 0.4) is 0 Å². The quantitative estimate of drug-likeness (QED) is 0.492. The minimum absolute atomic E-state index is 0.105. The van der Waals surface area contributed by atoms with Crippen LogP contribution in [0.1, 0.15) is 44.6 Å². The lowest BCUT2D eigenvalue weighted by Crippen LogP contribution is -2.49. The molecule has 38 heavy (non-hydrogen) atoms. The van der Waals surface area contributed by atoms with Gasteiger partial charge in [-0.3, -0.25) is 0 Å². The topological polar surface area (TPSA) is 62.5 Å². The van der Waals surface area contributed by atoms with Gasteiger partial charge in [0.25, 0.3) is 0 Å². The Morgan fingerprint density at radius 3 is 2.42 bits per heavy atom. The summed E-state index contributed by atoms with van der Waals surface area (Å²) in [5, 5.41) is 4.58. The van der Waals surface area contributed by atoms with Crippen LogP contribution in [0.5, 0.6) is 0 Å². The molecule has 0 aliphatic carbocycles. The normalized spacial score (nSPS) is 21.5. The molecule has 5 heterocycles. The lowest BCUT2D eigenvalue weighted by Gasteiger charge is -2.36. The van der Waals surface area contributed by atoms with Crippen LogP contribution in [0.2, 0.25) is 0 Å². The molecule has 3 saturated heterocycles. The van der Waals surface area contributed by atoms with Crippen molar-refractivity contribution in [1.82, 2.24) is 19.4 Å². The summed E-state index contributed by atoms with van der Waals surface area (Å²) in [6.07, 6.45) is 6.91. The van der Waals surface area contributed by atoms with Crippen molar-refractivity contribution in [3.8, 4) is 11.1 Å². The van der Waals surface area contributed by atoms with Crippen molar-refractivity contribution in [3.63, 3.8) is 0 Å². The van der Waals surface area contributed by atoms with E-state index >= 15 is 0 Å². The SMILES string of the molecule is CC(C)N1CCC(c2ccc(-c3cc4c(N5CCN(C(=O)O[C@H]6CCOC6)CC5)ccnn4c3)cc2)CC1. The van der Waals surface area contributed by atoms with Crippen LogP contribution in [0, 0.1) is 0 Å². The fraction of sp³-hybridized carbons (Fsp3) is 0.533. The molecule has 3 aliphatic heterocycles. The predicted octanol–water partition coefficient (Wildman–Crippen LogP) is 4.64. The number of aromatic nitrogens is 2. The average Bonchev–Trinajstić information content (AvgIpc) is 3.63. The highest BCUT2D eigenvalue weighted by atomic mass is 16.6. The number of amides is 1. The van der Waals surface area contributed by atoms with Crippen LogP contribution in [0.15, 0.2) is 48.8 Å². The molecular weight excluding hydrogens is 478 g/mol. The molecule has 8 nitrogen and oxygen atoms in total. The first-order chi connectivity index (χ1) is 18.5. The maximum Gasteiger partial charge on any atom is 0.410 e. The van der Waals surface area contributed by atoms with Gasteiger partial charge in [-0.1, -0.05) is 24.3 Å². The second-order valence-electron chi connectivity index (χ2n) is 11.1. The average molecular weight is 518 g/mol. The lowest BCUT2D eigenvalue weighted by atomic mass is 9.88. The second-order valence-corrected chi connectivity index (χ2v) is 11.1. The van der Waals surface area contributed by atoms with Crippen LogP contribution < -0.4 is 4.90 Å². The summed E-state index contributed by atoms with van der Waals surface area (Å²) in [4.78, 5) is 19.3. The van der Waals surface area contributed by atoms with Crippen molar-refractivity contribution >= 4 is 17.3 Å². The Kier molecular flexibility index (Phi) is 7.26. The molecule has 6 rings (SSSR count). The third-order valence-corrected chi connectivity index (χ3v) is 8.50. The van der Waals surface area contributed by atoms with Crippen molar-refractivity contribution in [2.75, 3.05) is 57.4 Å². The maximum atomic E-state index is 12.5. The van der Waals surface area contributed by atoms with Gasteiger partial charge < -0.3 is 24.2 Å². The Morgan fingerprint density at radius 1 is 0.974 bits per heavy atom. The third kappa shape index (κ3) is 5.24. The van der Waals surface area contributed by atoms with Gasteiger partial charge in [0, 0.05) is 56.6 Å². The zero-order valence-electron chi connectivity index (χ0n) is 22.6. The summed E-state index contributed by atoms with van der Waals surface area (Å²) in [6, 6.07) is 14.1. The number of ether oxygens (including phenoxy) is 2. The first-order valence-electron chi connectivity index (χ1n) is 14.1. The minimum atomic E-state index is -0.223. The number of fused-ring (bicyclic) bond motifs is 1. The van der Waals surface area contributed by atoms with Gasteiger partial charge in [-0.25, -0.2) is 9.31 Å². The Bertz CT molecular complexity index is 1230. The summed E-state index contributed by atoms with van der Waals surface area (Å²) in [5.74, 6) is 0.655. The Hall–Kier alpha value is -3.10. The molecule has 0 N–H and O–H groups in total. The first-order valence-corrected chi connectivity index (χ1v) is 14.1. The van der Waals surface area contributed by atoms with Crippen LogP contribution in [-0.4, -0.2) is 90.1 Å². The molecule has 0 saturated carbocycles. The van der Waals surface area contributed by atoms with E-state index in [1.54, 1.807) is 0 Å². The van der Waals surface area contributed by atoms with Gasteiger partial charge in [-0.2, -0.15) is 5.10 Å². The number of carbonyl (C=O) groups excluding carboxylic acids is 1. The molecule has 3 fully saturated rings. The van der Waals surface area contributed by atoms with Gasteiger partial charge >= 0.3 is 6.09 Å². The number of carbonyl (C=O) groups is 1. The Balaban J connectivity index is 1.12.